The smallest absolute Gasteiger partial charge is 0.435 e. The summed E-state index contributed by atoms with van der Waals surface area (Å²) < 4.78 is 46.7. The third kappa shape index (κ3) is 4.72. The van der Waals surface area contributed by atoms with Crippen LogP contribution < -0.4 is 10.1 Å². The van der Waals surface area contributed by atoms with Crippen molar-refractivity contribution in [1.82, 2.24) is 20.0 Å². The first-order valence-corrected chi connectivity index (χ1v) is 11.3. The molecule has 0 bridgehead atoms. The van der Waals surface area contributed by atoms with Crippen LogP contribution >= 0.6 is 0 Å². The van der Waals surface area contributed by atoms with Gasteiger partial charge < -0.3 is 15.0 Å². The van der Waals surface area contributed by atoms with Gasteiger partial charge in [-0.15, -0.1) is 0 Å². The lowest BCUT2D eigenvalue weighted by atomic mass is 10.0. The fraction of sp³-hybridized carbons (Fsp3) is 0.500. The molecule has 2 aliphatic heterocycles. The highest BCUT2D eigenvalue weighted by molar-refractivity contribution is 5.79. The van der Waals surface area contributed by atoms with E-state index in [2.05, 4.69) is 30.1 Å². The maximum atomic E-state index is 13.4. The van der Waals surface area contributed by atoms with Gasteiger partial charge in [-0.3, -0.25) is 4.79 Å². The molecule has 3 heterocycles. The predicted molar refractivity (Wildman–Crippen MR) is 118 cm³/mol. The van der Waals surface area contributed by atoms with Crippen LogP contribution in [0, 0.1) is 5.92 Å². The van der Waals surface area contributed by atoms with Gasteiger partial charge in [-0.05, 0) is 63.5 Å². The van der Waals surface area contributed by atoms with Crippen LogP contribution in [0.4, 0.5) is 13.2 Å². The molecule has 1 aromatic heterocycles. The van der Waals surface area contributed by atoms with Gasteiger partial charge in [-0.1, -0.05) is 19.1 Å². The highest BCUT2D eigenvalue weighted by atomic mass is 19.4. The normalized spacial score (nSPS) is 18.2. The predicted octanol–water partition coefficient (Wildman–Crippen LogP) is 5.05. The van der Waals surface area contributed by atoms with Crippen LogP contribution in [0.1, 0.15) is 57.7 Å². The van der Waals surface area contributed by atoms with Gasteiger partial charge in [0.1, 0.15) is 6.54 Å². The lowest BCUT2D eigenvalue weighted by Crippen LogP contribution is -2.33. The lowest BCUT2D eigenvalue weighted by Gasteiger charge is -2.32. The standard InChI is InChI=1S/C24H29F3N4O2/c1-5-20(14(2)3)30-12-17(16-8-9-16)11-19(15(30)4)28-21(32)13-31-23-18(7-6-10-33-23)22(29-31)24(25,26)27/h11-12,16H,4-10,13H2,1-3H3,(H,28,32). The molecule has 0 aromatic carbocycles. The summed E-state index contributed by atoms with van der Waals surface area (Å²) in [4.78, 5) is 14.9. The number of amides is 1. The number of carbonyl (C=O) groups excluding carboxylic acids is 1. The number of allylic oxidation sites excluding steroid dienone is 4. The number of aromatic nitrogens is 2. The molecule has 1 fully saturated rings. The zero-order valence-corrected chi connectivity index (χ0v) is 19.2. The Bertz CT molecular complexity index is 1070. The first-order valence-electron chi connectivity index (χ1n) is 11.3. The maximum Gasteiger partial charge on any atom is 0.435 e. The van der Waals surface area contributed by atoms with E-state index in [0.29, 0.717) is 30.3 Å². The number of nitrogens with one attached hydrogen (secondary N) is 1. The van der Waals surface area contributed by atoms with Crippen molar-refractivity contribution in [2.45, 2.75) is 65.6 Å². The Balaban J connectivity index is 1.57. The summed E-state index contributed by atoms with van der Waals surface area (Å²) in [5.74, 6) is -0.00957. The summed E-state index contributed by atoms with van der Waals surface area (Å²) in [5.41, 5.74) is 3.58. The number of ether oxygens (including phenoxy) is 1. The third-order valence-electron chi connectivity index (χ3n) is 6.09. The van der Waals surface area contributed by atoms with Gasteiger partial charge in [0.15, 0.2) is 5.69 Å². The van der Waals surface area contributed by atoms with Gasteiger partial charge in [-0.25, -0.2) is 4.68 Å². The second kappa shape index (κ2) is 8.76. The van der Waals surface area contributed by atoms with E-state index in [1.54, 1.807) is 0 Å². The van der Waals surface area contributed by atoms with Crippen molar-refractivity contribution in [2.24, 2.45) is 5.92 Å². The minimum atomic E-state index is -4.60. The molecule has 1 N–H and O–H groups in total. The number of hydrogen-bond donors (Lipinski definition) is 1. The third-order valence-corrected chi connectivity index (χ3v) is 6.09. The van der Waals surface area contributed by atoms with Crippen LogP contribution in [0.25, 0.3) is 0 Å². The molecule has 0 atom stereocenters. The summed E-state index contributed by atoms with van der Waals surface area (Å²) in [6.45, 7) is 10.2. The summed E-state index contributed by atoms with van der Waals surface area (Å²) in [7, 11) is 0. The van der Waals surface area contributed by atoms with Crippen LogP contribution in [-0.4, -0.2) is 27.2 Å². The van der Waals surface area contributed by atoms with Crippen molar-refractivity contribution in [3.8, 4) is 5.88 Å². The molecule has 9 heteroatoms. The monoisotopic (exact) mass is 462 g/mol. The number of carbonyl (C=O) groups is 1. The van der Waals surface area contributed by atoms with Crippen molar-refractivity contribution in [2.75, 3.05) is 6.61 Å². The molecular formula is C24H29F3N4O2. The number of alkyl halides is 3. The molecule has 0 spiro atoms. The molecule has 1 aromatic rings. The number of nitrogens with zero attached hydrogens (tertiary/aromatic N) is 3. The van der Waals surface area contributed by atoms with Gasteiger partial charge in [0.2, 0.25) is 11.8 Å². The first kappa shape index (κ1) is 23.2. The first-order chi connectivity index (χ1) is 15.6. The number of halogens is 3. The van der Waals surface area contributed by atoms with Gasteiger partial charge in [0.25, 0.3) is 0 Å². The molecule has 1 amide bonds. The van der Waals surface area contributed by atoms with E-state index < -0.39 is 17.8 Å². The minimum absolute atomic E-state index is 0.0177. The van der Waals surface area contributed by atoms with E-state index in [4.69, 9.17) is 4.74 Å². The van der Waals surface area contributed by atoms with E-state index in [9.17, 15) is 18.0 Å². The van der Waals surface area contributed by atoms with Gasteiger partial charge in [-0.2, -0.15) is 18.3 Å². The Morgan fingerprint density at radius 1 is 1.33 bits per heavy atom. The van der Waals surface area contributed by atoms with Crippen molar-refractivity contribution >= 4 is 5.91 Å². The maximum absolute atomic E-state index is 13.4. The van der Waals surface area contributed by atoms with Crippen LogP contribution in [0.15, 0.2) is 47.1 Å². The van der Waals surface area contributed by atoms with E-state index >= 15 is 0 Å². The SMILES string of the molecule is C=C1C(NC(=O)Cn2nc(C(F)(F)F)c3c2OCCC3)=CC(C2CC2)=CN1C(CC)=C(C)C. The molecule has 33 heavy (non-hydrogen) atoms. The number of fused-ring (bicyclic) bond motifs is 1. The van der Waals surface area contributed by atoms with E-state index in [-0.39, 0.29) is 24.4 Å². The fourth-order valence-corrected chi connectivity index (χ4v) is 4.35. The fourth-order valence-electron chi connectivity index (χ4n) is 4.35. The highest BCUT2D eigenvalue weighted by Gasteiger charge is 2.40. The molecule has 3 aliphatic rings. The molecule has 6 nitrogen and oxygen atoms in total. The number of rotatable bonds is 6. The molecule has 1 saturated carbocycles. The average molecular weight is 463 g/mol. The Morgan fingerprint density at radius 2 is 2.06 bits per heavy atom. The van der Waals surface area contributed by atoms with Crippen molar-refractivity contribution in [3.63, 3.8) is 0 Å². The zero-order valence-electron chi connectivity index (χ0n) is 19.2. The molecule has 0 saturated heterocycles. The highest BCUT2D eigenvalue weighted by Crippen LogP contribution is 2.41. The minimum Gasteiger partial charge on any atom is -0.478 e. The summed E-state index contributed by atoms with van der Waals surface area (Å²) >= 11 is 0. The van der Waals surface area contributed by atoms with Crippen LogP contribution in [0.3, 0.4) is 0 Å². The van der Waals surface area contributed by atoms with Crippen molar-refractivity contribution in [3.05, 3.63) is 58.3 Å². The summed E-state index contributed by atoms with van der Waals surface area (Å²) in [6.07, 6.45) is 3.09. The molecule has 178 valence electrons. The number of hydrogen-bond acceptors (Lipinski definition) is 4. The molecule has 4 rings (SSSR count). The van der Waals surface area contributed by atoms with Gasteiger partial charge in [0, 0.05) is 17.5 Å². The van der Waals surface area contributed by atoms with Crippen molar-refractivity contribution < 1.29 is 22.7 Å². The van der Waals surface area contributed by atoms with E-state index in [1.165, 1.54) is 0 Å². The van der Waals surface area contributed by atoms with Gasteiger partial charge in [0.05, 0.1) is 18.0 Å². The van der Waals surface area contributed by atoms with E-state index in [0.717, 1.165) is 40.8 Å². The zero-order chi connectivity index (χ0) is 23.9. The lowest BCUT2D eigenvalue weighted by molar-refractivity contribution is -0.142. The average Bonchev–Trinajstić information content (AvgIpc) is 3.52. The van der Waals surface area contributed by atoms with Crippen LogP contribution in [0.2, 0.25) is 0 Å². The molecular weight excluding hydrogens is 433 g/mol. The molecule has 1 aliphatic carbocycles. The Hall–Kier alpha value is -2.97. The van der Waals surface area contributed by atoms with E-state index in [1.807, 2.05) is 24.8 Å². The Kier molecular flexibility index (Phi) is 6.16. The largest absolute Gasteiger partial charge is 0.478 e. The van der Waals surface area contributed by atoms with Crippen LogP contribution in [-0.2, 0) is 23.9 Å². The molecule has 0 radical (unpaired) electrons. The Morgan fingerprint density at radius 3 is 2.67 bits per heavy atom. The molecule has 0 unspecified atom stereocenters. The Labute approximate surface area is 191 Å². The topological polar surface area (TPSA) is 59.4 Å². The second-order valence-electron chi connectivity index (χ2n) is 8.87. The second-order valence-corrected chi connectivity index (χ2v) is 8.87. The quantitative estimate of drug-likeness (QED) is 0.643. The summed E-state index contributed by atoms with van der Waals surface area (Å²) in [6, 6.07) is 0. The van der Waals surface area contributed by atoms with Gasteiger partial charge >= 0.3 is 6.18 Å². The van der Waals surface area contributed by atoms with Crippen molar-refractivity contribution in [1.29, 1.82) is 0 Å². The van der Waals surface area contributed by atoms with Crippen LogP contribution in [0.5, 0.6) is 5.88 Å². The summed E-state index contributed by atoms with van der Waals surface area (Å²) in [5, 5.41) is 6.54.